The molecule has 1 heterocycles. The van der Waals surface area contributed by atoms with Gasteiger partial charge in [-0.2, -0.15) is 0 Å². The van der Waals surface area contributed by atoms with Gasteiger partial charge in [0.05, 0.1) is 6.54 Å². The average Bonchev–Trinajstić information content (AvgIpc) is 2.60. The maximum atomic E-state index is 12.3. The van der Waals surface area contributed by atoms with Crippen LogP contribution in [0.25, 0.3) is 0 Å². The number of nitrogens with one attached hydrogen (secondary N) is 2. The summed E-state index contributed by atoms with van der Waals surface area (Å²) in [5, 5.41) is 5.68. The molecule has 0 radical (unpaired) electrons. The van der Waals surface area contributed by atoms with E-state index in [2.05, 4.69) is 15.5 Å². The van der Waals surface area contributed by atoms with E-state index in [1.165, 1.54) is 6.92 Å². The summed E-state index contributed by atoms with van der Waals surface area (Å²) in [6.45, 7) is 9.54. The number of hydrogen-bond donors (Lipinski definition) is 2. The number of ketones is 1. The summed E-state index contributed by atoms with van der Waals surface area (Å²) in [5.74, 6) is 0.267. The summed E-state index contributed by atoms with van der Waals surface area (Å²) in [5.41, 5.74) is 0.718. The molecule has 0 spiro atoms. The average molecular weight is 389 g/mol. The van der Waals surface area contributed by atoms with Crippen molar-refractivity contribution in [1.82, 2.24) is 10.2 Å². The smallest absolute Gasteiger partial charge is 0.407 e. The lowest BCUT2D eigenvalue weighted by atomic mass is 9.97. The summed E-state index contributed by atoms with van der Waals surface area (Å²) in [6.07, 6.45) is 1.45. The predicted octanol–water partition coefficient (Wildman–Crippen LogP) is 3.06. The van der Waals surface area contributed by atoms with Gasteiger partial charge in [-0.25, -0.2) is 4.79 Å². The van der Waals surface area contributed by atoms with Crippen molar-refractivity contribution in [2.75, 3.05) is 31.5 Å². The topological polar surface area (TPSA) is 87.7 Å². The number of alkyl carbamates (subject to hydrolysis) is 1. The molecular weight excluding hydrogens is 358 g/mol. The zero-order valence-corrected chi connectivity index (χ0v) is 17.2. The molecule has 28 heavy (non-hydrogen) atoms. The fraction of sp³-hybridized carbons (Fsp3) is 0.571. The molecular formula is C21H31N3O4. The van der Waals surface area contributed by atoms with Crippen LogP contribution in [-0.4, -0.2) is 54.5 Å². The SMILES string of the molecule is CC(=O)c1cccc(NC(=O)CN2CCC(CNC(=O)OC(C)(C)C)CC2)c1. The molecule has 0 bridgehead atoms. The van der Waals surface area contributed by atoms with Gasteiger partial charge in [0.1, 0.15) is 5.60 Å². The van der Waals surface area contributed by atoms with Gasteiger partial charge in [-0.15, -0.1) is 0 Å². The van der Waals surface area contributed by atoms with Crippen molar-refractivity contribution in [2.45, 2.75) is 46.1 Å². The Kier molecular flexibility index (Phi) is 7.57. The molecule has 0 aromatic heterocycles. The second-order valence-corrected chi connectivity index (χ2v) is 8.29. The Bertz CT molecular complexity index is 704. The van der Waals surface area contributed by atoms with E-state index in [1.54, 1.807) is 24.3 Å². The number of likely N-dealkylation sites (tertiary alicyclic amines) is 1. The molecule has 7 heteroatoms. The van der Waals surface area contributed by atoms with Gasteiger partial charge in [0.25, 0.3) is 0 Å². The largest absolute Gasteiger partial charge is 0.444 e. The van der Waals surface area contributed by atoms with Crippen LogP contribution in [-0.2, 0) is 9.53 Å². The number of piperidine rings is 1. The van der Waals surface area contributed by atoms with Crippen molar-refractivity contribution >= 4 is 23.5 Å². The lowest BCUT2D eigenvalue weighted by Crippen LogP contribution is -2.42. The van der Waals surface area contributed by atoms with Gasteiger partial charge in [-0.1, -0.05) is 12.1 Å². The molecule has 1 aliphatic rings. The van der Waals surface area contributed by atoms with Gasteiger partial charge in [0.15, 0.2) is 5.78 Å². The van der Waals surface area contributed by atoms with Gasteiger partial charge < -0.3 is 15.4 Å². The number of rotatable bonds is 6. The lowest BCUT2D eigenvalue weighted by molar-refractivity contribution is -0.117. The molecule has 2 rings (SSSR count). The first-order valence-corrected chi connectivity index (χ1v) is 9.72. The Labute approximate surface area is 166 Å². The maximum Gasteiger partial charge on any atom is 0.407 e. The fourth-order valence-corrected chi connectivity index (χ4v) is 3.11. The van der Waals surface area contributed by atoms with Gasteiger partial charge in [-0.3, -0.25) is 14.5 Å². The van der Waals surface area contributed by atoms with Crippen LogP contribution in [0.2, 0.25) is 0 Å². The number of ether oxygens (including phenoxy) is 1. The summed E-state index contributed by atoms with van der Waals surface area (Å²) in [4.78, 5) is 37.6. The molecule has 1 fully saturated rings. The van der Waals surface area contributed by atoms with Gasteiger partial charge >= 0.3 is 6.09 Å². The highest BCUT2D eigenvalue weighted by Gasteiger charge is 2.22. The van der Waals surface area contributed by atoms with E-state index in [1.807, 2.05) is 20.8 Å². The van der Waals surface area contributed by atoms with Crippen molar-refractivity contribution < 1.29 is 19.1 Å². The molecule has 2 amide bonds. The number of Topliss-reactive ketones (excluding diaryl/α,β-unsaturated/α-hetero) is 1. The minimum atomic E-state index is -0.495. The Balaban J connectivity index is 1.70. The number of benzene rings is 1. The fourth-order valence-electron chi connectivity index (χ4n) is 3.11. The monoisotopic (exact) mass is 389 g/mol. The molecule has 1 aromatic rings. The van der Waals surface area contributed by atoms with E-state index in [4.69, 9.17) is 4.74 Å². The first-order valence-electron chi connectivity index (χ1n) is 9.72. The number of hydrogen-bond acceptors (Lipinski definition) is 5. The Morgan fingerprint density at radius 1 is 1.18 bits per heavy atom. The number of carbonyl (C=O) groups excluding carboxylic acids is 3. The third kappa shape index (κ3) is 7.68. The maximum absolute atomic E-state index is 12.3. The van der Waals surface area contributed by atoms with Crippen LogP contribution in [0.15, 0.2) is 24.3 Å². The van der Waals surface area contributed by atoms with Crippen LogP contribution in [0.5, 0.6) is 0 Å². The highest BCUT2D eigenvalue weighted by atomic mass is 16.6. The minimum absolute atomic E-state index is 0.0295. The number of amides is 2. The van der Waals surface area contributed by atoms with E-state index in [9.17, 15) is 14.4 Å². The summed E-state index contributed by atoms with van der Waals surface area (Å²) in [7, 11) is 0. The number of anilines is 1. The van der Waals surface area contributed by atoms with E-state index in [0.717, 1.165) is 25.9 Å². The van der Waals surface area contributed by atoms with Crippen LogP contribution in [0, 0.1) is 5.92 Å². The predicted molar refractivity (Wildman–Crippen MR) is 108 cm³/mol. The highest BCUT2D eigenvalue weighted by Crippen LogP contribution is 2.17. The molecule has 7 nitrogen and oxygen atoms in total. The van der Waals surface area contributed by atoms with Gasteiger partial charge in [0.2, 0.25) is 5.91 Å². The van der Waals surface area contributed by atoms with E-state index in [0.29, 0.717) is 30.3 Å². The molecule has 0 aliphatic carbocycles. The van der Waals surface area contributed by atoms with Crippen molar-refractivity contribution in [3.05, 3.63) is 29.8 Å². The summed E-state index contributed by atoms with van der Waals surface area (Å²) < 4.78 is 5.25. The van der Waals surface area contributed by atoms with Crippen molar-refractivity contribution in [1.29, 1.82) is 0 Å². The molecule has 154 valence electrons. The minimum Gasteiger partial charge on any atom is -0.444 e. The molecule has 1 aromatic carbocycles. The third-order valence-corrected chi connectivity index (χ3v) is 4.56. The molecule has 1 aliphatic heterocycles. The zero-order valence-electron chi connectivity index (χ0n) is 17.2. The first kappa shape index (κ1) is 21.9. The van der Waals surface area contributed by atoms with Gasteiger partial charge in [0, 0.05) is 17.8 Å². The van der Waals surface area contributed by atoms with E-state index in [-0.39, 0.29) is 17.8 Å². The Morgan fingerprint density at radius 2 is 1.86 bits per heavy atom. The van der Waals surface area contributed by atoms with Crippen LogP contribution in [0.1, 0.15) is 50.9 Å². The van der Waals surface area contributed by atoms with Gasteiger partial charge in [-0.05, 0) is 71.7 Å². The number of nitrogens with zero attached hydrogens (tertiary/aromatic N) is 1. The molecule has 2 N–H and O–H groups in total. The van der Waals surface area contributed by atoms with Crippen molar-refractivity contribution in [2.24, 2.45) is 5.92 Å². The normalized spacial score (nSPS) is 15.7. The summed E-state index contributed by atoms with van der Waals surface area (Å²) in [6, 6.07) is 6.96. The molecule has 1 saturated heterocycles. The van der Waals surface area contributed by atoms with Crippen LogP contribution >= 0.6 is 0 Å². The molecule has 0 unspecified atom stereocenters. The summed E-state index contributed by atoms with van der Waals surface area (Å²) >= 11 is 0. The second-order valence-electron chi connectivity index (χ2n) is 8.29. The second kappa shape index (κ2) is 9.68. The first-order chi connectivity index (χ1) is 13.1. The van der Waals surface area contributed by atoms with Crippen LogP contribution in [0.4, 0.5) is 10.5 Å². The Hall–Kier alpha value is -2.41. The zero-order chi connectivity index (χ0) is 20.7. The Morgan fingerprint density at radius 3 is 2.46 bits per heavy atom. The standard InChI is InChI=1S/C21H31N3O4/c1-15(25)17-6-5-7-18(12-17)23-19(26)14-24-10-8-16(9-11-24)13-22-20(27)28-21(2,3)4/h5-7,12,16H,8-11,13-14H2,1-4H3,(H,22,27)(H,23,26). The molecule has 0 saturated carbocycles. The third-order valence-electron chi connectivity index (χ3n) is 4.56. The van der Waals surface area contributed by atoms with Crippen LogP contribution < -0.4 is 10.6 Å². The molecule has 0 atom stereocenters. The van der Waals surface area contributed by atoms with E-state index >= 15 is 0 Å². The van der Waals surface area contributed by atoms with Crippen molar-refractivity contribution in [3.8, 4) is 0 Å². The highest BCUT2D eigenvalue weighted by molar-refractivity contribution is 5.97. The van der Waals surface area contributed by atoms with Crippen molar-refractivity contribution in [3.63, 3.8) is 0 Å². The quantitative estimate of drug-likeness (QED) is 0.730. The van der Waals surface area contributed by atoms with Crippen LogP contribution in [0.3, 0.4) is 0 Å². The number of carbonyl (C=O) groups is 3. The lowest BCUT2D eigenvalue weighted by Gasteiger charge is -2.31. The van der Waals surface area contributed by atoms with E-state index < -0.39 is 5.60 Å².